The Morgan fingerprint density at radius 1 is 1.62 bits per heavy atom. The van der Waals surface area contributed by atoms with Gasteiger partial charge in [-0.05, 0) is 26.3 Å². The average Bonchev–Trinajstić information content (AvgIpc) is 2.13. The van der Waals surface area contributed by atoms with Crippen LogP contribution in [0.5, 0.6) is 0 Å². The summed E-state index contributed by atoms with van der Waals surface area (Å²) in [6.07, 6.45) is 1.39. The van der Waals surface area contributed by atoms with Crippen LogP contribution in [0, 0.1) is 0 Å². The number of nitrogens with zero attached hydrogens (tertiary/aromatic N) is 1. The first-order valence-electron chi connectivity index (χ1n) is 4.73. The zero-order chi connectivity index (χ0) is 10.3. The SMILES string of the molecule is CCC(C)OC(=O)N(C)CCCN. The zero-order valence-electron chi connectivity index (χ0n) is 8.75. The van der Waals surface area contributed by atoms with Crippen molar-refractivity contribution in [3.8, 4) is 0 Å². The van der Waals surface area contributed by atoms with Gasteiger partial charge in [-0.25, -0.2) is 4.79 Å². The molecule has 4 nitrogen and oxygen atoms in total. The Morgan fingerprint density at radius 2 is 2.23 bits per heavy atom. The van der Waals surface area contributed by atoms with Gasteiger partial charge in [-0.15, -0.1) is 0 Å². The Morgan fingerprint density at radius 3 is 2.69 bits per heavy atom. The molecule has 0 saturated carbocycles. The quantitative estimate of drug-likeness (QED) is 0.705. The minimum atomic E-state index is -0.261. The number of hydrogen-bond donors (Lipinski definition) is 1. The lowest BCUT2D eigenvalue weighted by molar-refractivity contribution is 0.0751. The fraction of sp³-hybridized carbons (Fsp3) is 0.889. The van der Waals surface area contributed by atoms with E-state index in [4.69, 9.17) is 10.5 Å². The summed E-state index contributed by atoms with van der Waals surface area (Å²) in [7, 11) is 1.72. The van der Waals surface area contributed by atoms with E-state index in [9.17, 15) is 4.79 Å². The number of rotatable bonds is 5. The second-order valence-electron chi connectivity index (χ2n) is 3.17. The molecule has 0 saturated heterocycles. The highest BCUT2D eigenvalue weighted by molar-refractivity contribution is 5.67. The van der Waals surface area contributed by atoms with Crippen LogP contribution in [0.25, 0.3) is 0 Å². The van der Waals surface area contributed by atoms with Gasteiger partial charge in [0.25, 0.3) is 0 Å². The molecule has 0 radical (unpaired) electrons. The highest BCUT2D eigenvalue weighted by atomic mass is 16.6. The Hall–Kier alpha value is -0.770. The lowest BCUT2D eigenvalue weighted by atomic mass is 10.3. The van der Waals surface area contributed by atoms with Gasteiger partial charge in [-0.3, -0.25) is 0 Å². The largest absolute Gasteiger partial charge is 0.446 e. The topological polar surface area (TPSA) is 55.6 Å². The Kier molecular flexibility index (Phi) is 6.32. The normalized spacial score (nSPS) is 12.3. The van der Waals surface area contributed by atoms with E-state index in [1.165, 1.54) is 0 Å². The van der Waals surface area contributed by atoms with Crippen molar-refractivity contribution in [2.24, 2.45) is 5.73 Å². The van der Waals surface area contributed by atoms with Crippen LogP contribution in [0.1, 0.15) is 26.7 Å². The lowest BCUT2D eigenvalue weighted by Gasteiger charge is -2.19. The fourth-order valence-corrected chi connectivity index (χ4v) is 0.765. The Labute approximate surface area is 80.0 Å². The molecule has 0 rings (SSSR count). The molecule has 0 spiro atoms. The van der Waals surface area contributed by atoms with Crippen molar-refractivity contribution in [2.75, 3.05) is 20.1 Å². The molecule has 1 amide bonds. The summed E-state index contributed by atoms with van der Waals surface area (Å²) < 4.78 is 5.10. The highest BCUT2D eigenvalue weighted by Gasteiger charge is 2.11. The van der Waals surface area contributed by atoms with Crippen LogP contribution in [0.15, 0.2) is 0 Å². The maximum Gasteiger partial charge on any atom is 0.409 e. The van der Waals surface area contributed by atoms with Gasteiger partial charge in [0.15, 0.2) is 0 Å². The molecule has 0 aromatic carbocycles. The van der Waals surface area contributed by atoms with Crippen LogP contribution < -0.4 is 5.73 Å². The Balaban J connectivity index is 3.68. The second kappa shape index (κ2) is 6.71. The molecule has 0 fully saturated rings. The molecule has 4 heteroatoms. The van der Waals surface area contributed by atoms with Crippen LogP contribution in [0.2, 0.25) is 0 Å². The second-order valence-corrected chi connectivity index (χ2v) is 3.17. The molecule has 78 valence electrons. The van der Waals surface area contributed by atoms with Crippen molar-refractivity contribution in [3.05, 3.63) is 0 Å². The third kappa shape index (κ3) is 5.47. The monoisotopic (exact) mass is 188 g/mol. The number of amides is 1. The molecule has 0 heterocycles. The van der Waals surface area contributed by atoms with E-state index < -0.39 is 0 Å². The standard InChI is InChI=1S/C9H20N2O2/c1-4-8(2)13-9(12)11(3)7-5-6-10/h8H,4-7,10H2,1-3H3. The van der Waals surface area contributed by atoms with Crippen molar-refractivity contribution < 1.29 is 9.53 Å². The predicted octanol–water partition coefficient (Wildman–Crippen LogP) is 1.20. The van der Waals surface area contributed by atoms with E-state index in [1.807, 2.05) is 13.8 Å². The average molecular weight is 188 g/mol. The molecular weight excluding hydrogens is 168 g/mol. The van der Waals surface area contributed by atoms with Crippen molar-refractivity contribution in [2.45, 2.75) is 32.8 Å². The highest BCUT2D eigenvalue weighted by Crippen LogP contribution is 2.00. The summed E-state index contributed by atoms with van der Waals surface area (Å²) in [4.78, 5) is 12.8. The van der Waals surface area contributed by atoms with E-state index >= 15 is 0 Å². The molecule has 0 aliphatic carbocycles. The molecular formula is C9H20N2O2. The first-order chi connectivity index (χ1) is 6.11. The number of carbonyl (C=O) groups is 1. The molecule has 0 bridgehead atoms. The molecule has 0 aromatic rings. The predicted molar refractivity (Wildman–Crippen MR) is 52.5 cm³/mol. The van der Waals surface area contributed by atoms with Crippen LogP contribution >= 0.6 is 0 Å². The van der Waals surface area contributed by atoms with E-state index in [2.05, 4.69) is 0 Å². The first kappa shape index (κ1) is 12.2. The van der Waals surface area contributed by atoms with Gasteiger partial charge < -0.3 is 15.4 Å². The van der Waals surface area contributed by atoms with Gasteiger partial charge >= 0.3 is 6.09 Å². The van der Waals surface area contributed by atoms with Crippen LogP contribution in [0.3, 0.4) is 0 Å². The van der Waals surface area contributed by atoms with Crippen molar-refractivity contribution in [3.63, 3.8) is 0 Å². The van der Waals surface area contributed by atoms with E-state index in [0.29, 0.717) is 13.1 Å². The first-order valence-corrected chi connectivity index (χ1v) is 4.73. The fourth-order valence-electron chi connectivity index (χ4n) is 0.765. The third-order valence-corrected chi connectivity index (χ3v) is 1.89. The summed E-state index contributed by atoms with van der Waals surface area (Å²) in [5.74, 6) is 0. The molecule has 13 heavy (non-hydrogen) atoms. The summed E-state index contributed by atoms with van der Waals surface area (Å²) in [6.45, 7) is 5.12. The van der Waals surface area contributed by atoms with Gasteiger partial charge in [0.2, 0.25) is 0 Å². The van der Waals surface area contributed by atoms with Crippen LogP contribution in [-0.4, -0.2) is 37.2 Å². The van der Waals surface area contributed by atoms with Crippen molar-refractivity contribution in [1.29, 1.82) is 0 Å². The summed E-state index contributed by atoms with van der Waals surface area (Å²) in [5, 5.41) is 0. The van der Waals surface area contributed by atoms with E-state index in [1.54, 1.807) is 11.9 Å². The molecule has 1 unspecified atom stereocenters. The van der Waals surface area contributed by atoms with Gasteiger partial charge in [0.05, 0.1) is 0 Å². The number of hydrogen-bond acceptors (Lipinski definition) is 3. The number of ether oxygens (including phenoxy) is 1. The molecule has 2 N–H and O–H groups in total. The maximum absolute atomic E-state index is 11.3. The minimum absolute atomic E-state index is 0.00664. The van der Waals surface area contributed by atoms with E-state index in [0.717, 1.165) is 12.8 Å². The smallest absolute Gasteiger partial charge is 0.409 e. The number of nitrogens with two attached hydrogens (primary N) is 1. The third-order valence-electron chi connectivity index (χ3n) is 1.89. The van der Waals surface area contributed by atoms with Gasteiger partial charge in [0, 0.05) is 13.6 Å². The number of carbonyl (C=O) groups excluding carboxylic acids is 1. The zero-order valence-corrected chi connectivity index (χ0v) is 8.75. The van der Waals surface area contributed by atoms with Gasteiger partial charge in [0.1, 0.15) is 6.10 Å². The van der Waals surface area contributed by atoms with E-state index in [-0.39, 0.29) is 12.2 Å². The molecule has 0 aromatic heterocycles. The van der Waals surface area contributed by atoms with Crippen molar-refractivity contribution in [1.82, 2.24) is 4.90 Å². The summed E-state index contributed by atoms with van der Waals surface area (Å²) in [6, 6.07) is 0. The Bertz CT molecular complexity index is 151. The summed E-state index contributed by atoms with van der Waals surface area (Å²) in [5.41, 5.74) is 5.33. The summed E-state index contributed by atoms with van der Waals surface area (Å²) >= 11 is 0. The van der Waals surface area contributed by atoms with Gasteiger partial charge in [-0.2, -0.15) is 0 Å². The minimum Gasteiger partial charge on any atom is -0.446 e. The van der Waals surface area contributed by atoms with Crippen LogP contribution in [0.4, 0.5) is 4.79 Å². The maximum atomic E-state index is 11.3. The lowest BCUT2D eigenvalue weighted by Crippen LogP contribution is -2.31. The molecule has 1 atom stereocenters. The molecule has 0 aliphatic rings. The van der Waals surface area contributed by atoms with Gasteiger partial charge in [-0.1, -0.05) is 6.92 Å². The van der Waals surface area contributed by atoms with Crippen LogP contribution in [-0.2, 0) is 4.74 Å². The molecule has 0 aliphatic heterocycles. The van der Waals surface area contributed by atoms with Crippen molar-refractivity contribution >= 4 is 6.09 Å².